The lowest BCUT2D eigenvalue weighted by Crippen LogP contribution is -2.29. The molecule has 0 aliphatic rings. The van der Waals surface area contributed by atoms with Crippen LogP contribution in [0.2, 0.25) is 0 Å². The minimum atomic E-state index is 0.332. The summed E-state index contributed by atoms with van der Waals surface area (Å²) < 4.78 is 5.38. The van der Waals surface area contributed by atoms with Gasteiger partial charge in [0.05, 0.1) is 0 Å². The molecule has 23 heavy (non-hydrogen) atoms. The molecule has 2 rings (SSSR count). The maximum absolute atomic E-state index is 5.38. The molecule has 0 saturated carbocycles. The number of nitrogens with one attached hydrogen (secondary N) is 1. The monoisotopic (exact) mass is 316 g/mol. The summed E-state index contributed by atoms with van der Waals surface area (Å²) in [6, 6.07) is 9.28. The average molecular weight is 316 g/mol. The Balaban J connectivity index is 2.04. The Hall–Kier alpha value is -1.72. The van der Waals surface area contributed by atoms with Gasteiger partial charge in [0.15, 0.2) is 5.82 Å². The minimum Gasteiger partial charge on any atom is -0.334 e. The summed E-state index contributed by atoms with van der Waals surface area (Å²) in [5.74, 6) is 1.33. The first-order valence-electron chi connectivity index (χ1n) is 8.36. The fourth-order valence-electron chi connectivity index (χ4n) is 2.48. The number of rotatable bonds is 8. The normalized spacial score (nSPS) is 13.0. The highest BCUT2D eigenvalue weighted by atomic mass is 16.5. The van der Waals surface area contributed by atoms with Gasteiger partial charge in [-0.2, -0.15) is 4.98 Å². The summed E-state index contributed by atoms with van der Waals surface area (Å²) in [5.41, 5.74) is 2.27. The summed E-state index contributed by atoms with van der Waals surface area (Å²) in [4.78, 5) is 6.90. The third kappa shape index (κ3) is 4.88. The van der Waals surface area contributed by atoms with E-state index in [0.29, 0.717) is 18.0 Å². The number of hydrogen-bond acceptors (Lipinski definition) is 5. The summed E-state index contributed by atoms with van der Waals surface area (Å²) in [5, 5.41) is 7.23. The van der Waals surface area contributed by atoms with Crippen LogP contribution in [0.15, 0.2) is 28.8 Å². The SMILES string of the molecule is CCN(Cc1ccc(-c2nc(CC(C)NC)no2)cc1)C(C)C. The highest BCUT2D eigenvalue weighted by Crippen LogP contribution is 2.19. The third-order valence-corrected chi connectivity index (χ3v) is 4.17. The quantitative estimate of drug-likeness (QED) is 0.811. The smallest absolute Gasteiger partial charge is 0.257 e. The van der Waals surface area contributed by atoms with Gasteiger partial charge in [0.25, 0.3) is 5.89 Å². The highest BCUT2D eigenvalue weighted by molar-refractivity contribution is 5.53. The third-order valence-electron chi connectivity index (χ3n) is 4.17. The lowest BCUT2D eigenvalue weighted by molar-refractivity contribution is 0.225. The zero-order valence-corrected chi connectivity index (χ0v) is 14.8. The van der Waals surface area contributed by atoms with Gasteiger partial charge in [-0.25, -0.2) is 0 Å². The molecular weight excluding hydrogens is 288 g/mol. The van der Waals surface area contributed by atoms with Gasteiger partial charge in [0, 0.05) is 30.6 Å². The Bertz CT molecular complexity index is 591. The first kappa shape index (κ1) is 17.6. The van der Waals surface area contributed by atoms with Gasteiger partial charge in [-0.3, -0.25) is 4.90 Å². The molecule has 5 heteroatoms. The van der Waals surface area contributed by atoms with Gasteiger partial charge in [0.2, 0.25) is 0 Å². The van der Waals surface area contributed by atoms with E-state index < -0.39 is 0 Å². The van der Waals surface area contributed by atoms with Crippen LogP contribution in [-0.2, 0) is 13.0 Å². The Kier molecular flexibility index (Phi) is 6.30. The Morgan fingerprint density at radius 1 is 1.17 bits per heavy atom. The molecule has 0 radical (unpaired) electrons. The number of hydrogen-bond donors (Lipinski definition) is 1. The zero-order chi connectivity index (χ0) is 16.8. The van der Waals surface area contributed by atoms with Gasteiger partial charge in [0.1, 0.15) is 0 Å². The predicted octanol–water partition coefficient (Wildman–Crippen LogP) is 3.12. The van der Waals surface area contributed by atoms with Crippen LogP contribution < -0.4 is 5.32 Å². The molecule has 1 aromatic heterocycles. The van der Waals surface area contributed by atoms with Crippen molar-refractivity contribution in [2.24, 2.45) is 0 Å². The van der Waals surface area contributed by atoms with Gasteiger partial charge in [-0.15, -0.1) is 0 Å². The van der Waals surface area contributed by atoms with E-state index in [9.17, 15) is 0 Å². The van der Waals surface area contributed by atoms with Crippen molar-refractivity contribution in [3.8, 4) is 11.5 Å². The molecule has 0 fully saturated rings. The van der Waals surface area contributed by atoms with E-state index in [2.05, 4.69) is 72.3 Å². The summed E-state index contributed by atoms with van der Waals surface area (Å²) in [6.07, 6.45) is 0.762. The van der Waals surface area contributed by atoms with Crippen molar-refractivity contribution in [3.05, 3.63) is 35.7 Å². The van der Waals surface area contributed by atoms with Crippen molar-refractivity contribution in [3.63, 3.8) is 0 Å². The van der Waals surface area contributed by atoms with Crippen molar-refractivity contribution < 1.29 is 4.52 Å². The number of benzene rings is 1. The van der Waals surface area contributed by atoms with Gasteiger partial charge in [-0.1, -0.05) is 24.2 Å². The highest BCUT2D eigenvalue weighted by Gasteiger charge is 2.12. The number of likely N-dealkylation sites (N-methyl/N-ethyl adjacent to an activating group) is 1. The van der Waals surface area contributed by atoms with Crippen LogP contribution in [0.4, 0.5) is 0 Å². The van der Waals surface area contributed by atoms with Crippen molar-refractivity contribution >= 4 is 0 Å². The van der Waals surface area contributed by atoms with Gasteiger partial charge in [-0.05, 0) is 52.1 Å². The van der Waals surface area contributed by atoms with Crippen molar-refractivity contribution in [1.82, 2.24) is 20.4 Å². The van der Waals surface area contributed by atoms with E-state index in [0.717, 1.165) is 30.9 Å². The maximum Gasteiger partial charge on any atom is 0.257 e. The Labute approximate surface area is 139 Å². The van der Waals surface area contributed by atoms with Crippen LogP contribution in [0.3, 0.4) is 0 Å². The molecule has 5 nitrogen and oxygen atoms in total. The molecule has 0 aliphatic carbocycles. The average Bonchev–Trinajstić information content (AvgIpc) is 3.01. The first-order valence-corrected chi connectivity index (χ1v) is 8.36. The molecule has 1 N–H and O–H groups in total. The molecule has 126 valence electrons. The van der Waals surface area contributed by atoms with E-state index in [4.69, 9.17) is 4.52 Å². The predicted molar refractivity (Wildman–Crippen MR) is 93.2 cm³/mol. The fourth-order valence-corrected chi connectivity index (χ4v) is 2.48. The molecule has 1 unspecified atom stereocenters. The largest absolute Gasteiger partial charge is 0.334 e. The molecule has 2 aromatic rings. The lowest BCUT2D eigenvalue weighted by atomic mass is 10.1. The molecule has 1 aromatic carbocycles. The summed E-state index contributed by atoms with van der Waals surface area (Å²) in [7, 11) is 1.93. The first-order chi connectivity index (χ1) is 11.0. The molecular formula is C18H28N4O. The van der Waals surface area contributed by atoms with E-state index in [1.54, 1.807) is 0 Å². The lowest BCUT2D eigenvalue weighted by Gasteiger charge is -2.24. The van der Waals surface area contributed by atoms with E-state index in [1.807, 2.05) is 7.05 Å². The molecule has 0 amide bonds. The summed E-state index contributed by atoms with van der Waals surface area (Å²) in [6.45, 7) is 10.8. The Morgan fingerprint density at radius 2 is 1.87 bits per heavy atom. The second-order valence-corrected chi connectivity index (χ2v) is 6.26. The van der Waals surface area contributed by atoms with Crippen LogP contribution in [0.1, 0.15) is 39.1 Å². The van der Waals surface area contributed by atoms with Crippen molar-refractivity contribution in [2.75, 3.05) is 13.6 Å². The second kappa shape index (κ2) is 8.22. The second-order valence-electron chi connectivity index (χ2n) is 6.26. The van der Waals surface area contributed by atoms with Gasteiger partial charge >= 0.3 is 0 Å². The van der Waals surface area contributed by atoms with E-state index in [-0.39, 0.29) is 0 Å². The fraction of sp³-hybridized carbons (Fsp3) is 0.556. The molecule has 0 bridgehead atoms. The number of nitrogens with zero attached hydrogens (tertiary/aromatic N) is 3. The standard InChI is InChI=1S/C18H28N4O/c1-6-22(13(2)3)12-15-7-9-16(10-8-15)18-20-17(21-23-18)11-14(4)19-5/h7-10,13-14,19H,6,11-12H2,1-5H3. The molecule has 0 spiro atoms. The molecule has 0 saturated heterocycles. The minimum absolute atomic E-state index is 0.332. The van der Waals surface area contributed by atoms with E-state index in [1.165, 1.54) is 5.56 Å². The van der Waals surface area contributed by atoms with Crippen molar-refractivity contribution in [2.45, 2.75) is 52.7 Å². The van der Waals surface area contributed by atoms with Crippen molar-refractivity contribution in [1.29, 1.82) is 0 Å². The molecule has 0 aliphatic heterocycles. The van der Waals surface area contributed by atoms with Crippen LogP contribution in [0.5, 0.6) is 0 Å². The maximum atomic E-state index is 5.38. The van der Waals surface area contributed by atoms with Crippen LogP contribution >= 0.6 is 0 Å². The molecule has 1 heterocycles. The topological polar surface area (TPSA) is 54.2 Å². The Morgan fingerprint density at radius 3 is 2.43 bits per heavy atom. The molecule has 1 atom stereocenters. The van der Waals surface area contributed by atoms with Crippen LogP contribution in [0, 0.1) is 0 Å². The number of aromatic nitrogens is 2. The van der Waals surface area contributed by atoms with Crippen LogP contribution in [0.25, 0.3) is 11.5 Å². The van der Waals surface area contributed by atoms with Gasteiger partial charge < -0.3 is 9.84 Å². The summed E-state index contributed by atoms with van der Waals surface area (Å²) >= 11 is 0. The van der Waals surface area contributed by atoms with E-state index >= 15 is 0 Å². The van der Waals surface area contributed by atoms with Crippen LogP contribution in [-0.4, -0.2) is 40.7 Å². The zero-order valence-electron chi connectivity index (χ0n) is 14.8.